The molecule has 1 aliphatic heterocycles. The Bertz CT molecular complexity index is 981. The van der Waals surface area contributed by atoms with Crippen LogP contribution in [-0.4, -0.2) is 34.7 Å². The summed E-state index contributed by atoms with van der Waals surface area (Å²) in [5, 5.41) is 13.1. The molecule has 2 heterocycles. The number of anilines is 2. The average molecular weight is 378 g/mol. The number of carbonyl (C=O) groups excluding carboxylic acids is 2. The molecule has 1 saturated heterocycles. The van der Waals surface area contributed by atoms with E-state index in [1.165, 1.54) is 6.39 Å². The minimum atomic E-state index is -0.426. The maximum absolute atomic E-state index is 12.6. The molecule has 2 amide bonds. The zero-order valence-corrected chi connectivity index (χ0v) is 14.9. The third-order valence-electron chi connectivity index (χ3n) is 4.34. The maximum Gasteiger partial charge on any atom is 0.255 e. The molecule has 1 fully saturated rings. The largest absolute Gasteiger partial charge is 0.423 e. The molecule has 0 saturated carbocycles. The van der Waals surface area contributed by atoms with Crippen LogP contribution in [0.5, 0.6) is 0 Å². The van der Waals surface area contributed by atoms with Crippen molar-refractivity contribution in [3.8, 4) is 11.5 Å². The van der Waals surface area contributed by atoms with Crippen LogP contribution in [0.4, 0.5) is 11.4 Å². The normalized spacial score (nSPS) is 15.9. The number of nitrogens with one attached hydrogen (secondary N) is 2. The van der Waals surface area contributed by atoms with Gasteiger partial charge in [-0.05, 0) is 49.2 Å². The second-order valence-corrected chi connectivity index (χ2v) is 6.35. The fraction of sp³-hybridized carbons (Fsp3) is 0.200. The summed E-state index contributed by atoms with van der Waals surface area (Å²) in [6.07, 6.45) is 2.41. The molecule has 142 valence electrons. The summed E-state index contributed by atoms with van der Waals surface area (Å²) in [6, 6.07) is 13.9. The predicted octanol–water partition coefficient (Wildman–Crippen LogP) is 3.11. The molecule has 1 unspecified atom stereocenters. The number of carbonyl (C=O) groups is 2. The van der Waals surface area contributed by atoms with Crippen molar-refractivity contribution in [3.63, 3.8) is 0 Å². The number of rotatable bonds is 5. The van der Waals surface area contributed by atoms with E-state index in [4.69, 9.17) is 9.15 Å². The second-order valence-electron chi connectivity index (χ2n) is 6.35. The van der Waals surface area contributed by atoms with E-state index in [1.54, 1.807) is 42.5 Å². The Kier molecular flexibility index (Phi) is 5.11. The van der Waals surface area contributed by atoms with E-state index in [9.17, 15) is 9.59 Å². The third-order valence-corrected chi connectivity index (χ3v) is 4.34. The summed E-state index contributed by atoms with van der Waals surface area (Å²) in [5.74, 6) is -0.117. The monoisotopic (exact) mass is 378 g/mol. The topological polar surface area (TPSA) is 106 Å². The molecule has 1 aromatic heterocycles. The zero-order chi connectivity index (χ0) is 19.3. The number of amides is 2. The molecular weight excluding hydrogens is 360 g/mol. The lowest BCUT2D eigenvalue weighted by atomic mass is 10.1. The lowest BCUT2D eigenvalue weighted by Gasteiger charge is -2.11. The number of aromatic nitrogens is 2. The number of hydrogen-bond donors (Lipinski definition) is 2. The highest BCUT2D eigenvalue weighted by Crippen LogP contribution is 2.21. The average Bonchev–Trinajstić information content (AvgIpc) is 3.42. The van der Waals surface area contributed by atoms with Crippen LogP contribution in [0.1, 0.15) is 23.2 Å². The Labute approximate surface area is 160 Å². The van der Waals surface area contributed by atoms with Crippen LogP contribution in [0.3, 0.4) is 0 Å². The maximum atomic E-state index is 12.6. The van der Waals surface area contributed by atoms with Gasteiger partial charge in [-0.2, -0.15) is 0 Å². The van der Waals surface area contributed by atoms with Gasteiger partial charge in [-0.25, -0.2) is 0 Å². The molecule has 0 radical (unpaired) electrons. The van der Waals surface area contributed by atoms with Gasteiger partial charge in [0.15, 0.2) is 0 Å². The molecule has 8 heteroatoms. The molecule has 2 aromatic carbocycles. The predicted molar refractivity (Wildman–Crippen MR) is 102 cm³/mol. The van der Waals surface area contributed by atoms with Crippen molar-refractivity contribution in [2.45, 2.75) is 18.9 Å². The number of nitrogens with zero attached hydrogens (tertiary/aromatic N) is 2. The first kappa shape index (κ1) is 17.9. The number of ether oxygens (including phenoxy) is 1. The highest BCUT2D eigenvalue weighted by Gasteiger charge is 2.23. The van der Waals surface area contributed by atoms with Gasteiger partial charge in [0.2, 0.25) is 12.3 Å². The molecule has 1 atom stereocenters. The van der Waals surface area contributed by atoms with Crippen LogP contribution >= 0.6 is 0 Å². The fourth-order valence-corrected chi connectivity index (χ4v) is 2.98. The van der Waals surface area contributed by atoms with E-state index < -0.39 is 6.10 Å². The first-order valence-electron chi connectivity index (χ1n) is 8.89. The Morgan fingerprint density at radius 2 is 1.86 bits per heavy atom. The van der Waals surface area contributed by atoms with Crippen LogP contribution in [0.15, 0.2) is 59.3 Å². The minimum absolute atomic E-state index is 0.192. The van der Waals surface area contributed by atoms with Gasteiger partial charge in [0.25, 0.3) is 11.8 Å². The molecule has 1 aliphatic rings. The smallest absolute Gasteiger partial charge is 0.255 e. The van der Waals surface area contributed by atoms with Crippen molar-refractivity contribution in [1.82, 2.24) is 10.2 Å². The molecule has 2 N–H and O–H groups in total. The lowest BCUT2D eigenvalue weighted by Crippen LogP contribution is -2.27. The van der Waals surface area contributed by atoms with E-state index >= 15 is 0 Å². The molecule has 28 heavy (non-hydrogen) atoms. The van der Waals surface area contributed by atoms with E-state index in [1.807, 2.05) is 6.07 Å². The van der Waals surface area contributed by atoms with Crippen molar-refractivity contribution in [2.24, 2.45) is 0 Å². The van der Waals surface area contributed by atoms with Crippen LogP contribution in [0.25, 0.3) is 11.5 Å². The number of benzene rings is 2. The Balaban J connectivity index is 1.45. The third kappa shape index (κ3) is 4.07. The number of hydrogen-bond acceptors (Lipinski definition) is 6. The highest BCUT2D eigenvalue weighted by molar-refractivity contribution is 6.05. The molecule has 0 aliphatic carbocycles. The van der Waals surface area contributed by atoms with E-state index in [0.29, 0.717) is 41.4 Å². The van der Waals surface area contributed by atoms with Gasteiger partial charge < -0.3 is 19.8 Å². The summed E-state index contributed by atoms with van der Waals surface area (Å²) >= 11 is 0. The molecule has 4 rings (SSSR count). The SMILES string of the molecule is O=C(Nc1cccc(-c2nnco2)c1)c1cccc(NC(=O)C2CCCO2)c1. The summed E-state index contributed by atoms with van der Waals surface area (Å²) in [4.78, 5) is 24.8. The standard InChI is InChI=1S/C20H18N4O4/c25-18(22-16-7-2-5-14(11-16)20-24-21-12-28-20)13-4-1-6-15(10-13)23-19(26)17-8-3-9-27-17/h1-2,4-7,10-12,17H,3,8-9H2,(H,22,25)(H,23,26). The van der Waals surface area contributed by atoms with Crippen molar-refractivity contribution < 1.29 is 18.7 Å². The Morgan fingerprint density at radius 3 is 2.61 bits per heavy atom. The molecular formula is C20H18N4O4. The zero-order valence-electron chi connectivity index (χ0n) is 14.9. The highest BCUT2D eigenvalue weighted by atomic mass is 16.5. The van der Waals surface area contributed by atoms with Crippen molar-refractivity contribution in [3.05, 3.63) is 60.5 Å². The van der Waals surface area contributed by atoms with Crippen LogP contribution < -0.4 is 10.6 Å². The Morgan fingerprint density at radius 1 is 1.04 bits per heavy atom. The van der Waals surface area contributed by atoms with Gasteiger partial charge in [0.05, 0.1) is 0 Å². The van der Waals surface area contributed by atoms with Gasteiger partial charge in [0, 0.05) is 29.1 Å². The molecule has 0 spiro atoms. The lowest BCUT2D eigenvalue weighted by molar-refractivity contribution is -0.124. The second kappa shape index (κ2) is 8.01. The van der Waals surface area contributed by atoms with Crippen LogP contribution in [-0.2, 0) is 9.53 Å². The van der Waals surface area contributed by atoms with Gasteiger partial charge in [-0.1, -0.05) is 12.1 Å². The first-order chi connectivity index (χ1) is 13.7. The molecule has 8 nitrogen and oxygen atoms in total. The van der Waals surface area contributed by atoms with Crippen LogP contribution in [0.2, 0.25) is 0 Å². The van der Waals surface area contributed by atoms with Crippen molar-refractivity contribution in [1.29, 1.82) is 0 Å². The quantitative estimate of drug-likeness (QED) is 0.707. The summed E-state index contributed by atoms with van der Waals surface area (Å²) < 4.78 is 10.6. The molecule has 0 bridgehead atoms. The van der Waals surface area contributed by atoms with Crippen molar-refractivity contribution in [2.75, 3.05) is 17.2 Å². The van der Waals surface area contributed by atoms with E-state index in [2.05, 4.69) is 20.8 Å². The minimum Gasteiger partial charge on any atom is -0.423 e. The first-order valence-corrected chi connectivity index (χ1v) is 8.89. The van der Waals surface area contributed by atoms with Gasteiger partial charge in [-0.15, -0.1) is 10.2 Å². The summed E-state index contributed by atoms with van der Waals surface area (Å²) in [5.41, 5.74) is 2.27. The van der Waals surface area contributed by atoms with Crippen LogP contribution in [0, 0.1) is 0 Å². The molecule has 3 aromatic rings. The van der Waals surface area contributed by atoms with E-state index in [0.717, 1.165) is 6.42 Å². The Hall–Kier alpha value is -3.52. The fourth-order valence-electron chi connectivity index (χ4n) is 2.98. The van der Waals surface area contributed by atoms with Gasteiger partial charge in [-0.3, -0.25) is 9.59 Å². The van der Waals surface area contributed by atoms with Crippen molar-refractivity contribution >= 4 is 23.2 Å². The summed E-state index contributed by atoms with van der Waals surface area (Å²) in [7, 11) is 0. The van der Waals surface area contributed by atoms with Gasteiger partial charge >= 0.3 is 0 Å². The summed E-state index contributed by atoms with van der Waals surface area (Å²) in [6.45, 7) is 0.600. The van der Waals surface area contributed by atoms with Gasteiger partial charge in [0.1, 0.15) is 6.10 Å². The van der Waals surface area contributed by atoms with E-state index in [-0.39, 0.29) is 11.8 Å².